The van der Waals surface area contributed by atoms with Crippen molar-refractivity contribution in [2.24, 2.45) is 5.41 Å². The van der Waals surface area contributed by atoms with Crippen LogP contribution < -0.4 is 10.2 Å². The molecule has 2 fully saturated rings. The topological polar surface area (TPSA) is 66.5 Å². The summed E-state index contributed by atoms with van der Waals surface area (Å²) in [6.07, 6.45) is 1.52. The van der Waals surface area contributed by atoms with Crippen molar-refractivity contribution in [1.82, 2.24) is 5.32 Å². The third kappa shape index (κ3) is 1.69. The molecule has 4 amide bonds. The largest absolute Gasteiger partial charge is 0.335 e. The second-order valence-electron chi connectivity index (χ2n) is 4.93. The van der Waals surface area contributed by atoms with Gasteiger partial charge < -0.3 is 0 Å². The maximum absolute atomic E-state index is 14.0. The third-order valence-electron chi connectivity index (χ3n) is 3.83. The van der Waals surface area contributed by atoms with Gasteiger partial charge in [-0.3, -0.25) is 14.9 Å². The predicted molar refractivity (Wildman–Crippen MR) is 71.4 cm³/mol. The Morgan fingerprint density at radius 3 is 2.50 bits per heavy atom. The van der Waals surface area contributed by atoms with E-state index in [1.54, 1.807) is 0 Å². The third-order valence-corrected chi connectivity index (χ3v) is 4.32. The average Bonchev–Trinajstić information content (AvgIpc) is 2.29. The molecule has 1 saturated carbocycles. The summed E-state index contributed by atoms with van der Waals surface area (Å²) in [5, 5.41) is 2.14. The maximum Gasteiger partial charge on any atom is 0.335 e. The van der Waals surface area contributed by atoms with Gasteiger partial charge in [0.2, 0.25) is 5.91 Å². The first-order chi connectivity index (χ1) is 9.45. The van der Waals surface area contributed by atoms with Gasteiger partial charge in [0, 0.05) is 4.47 Å². The Balaban J connectivity index is 2.05. The second-order valence-corrected chi connectivity index (χ2v) is 5.85. The number of amides is 4. The van der Waals surface area contributed by atoms with Gasteiger partial charge in [-0.05, 0) is 31.0 Å². The highest BCUT2D eigenvalue weighted by Crippen LogP contribution is 2.45. The number of carbonyl (C=O) groups excluding carboxylic acids is 3. The van der Waals surface area contributed by atoms with Gasteiger partial charge in [0.15, 0.2) is 0 Å². The second kappa shape index (κ2) is 4.37. The molecule has 1 aromatic rings. The normalized spacial score (nSPS) is 20.9. The van der Waals surface area contributed by atoms with Crippen LogP contribution >= 0.6 is 15.9 Å². The summed E-state index contributed by atoms with van der Waals surface area (Å²) >= 11 is 3.11. The zero-order valence-corrected chi connectivity index (χ0v) is 11.9. The maximum atomic E-state index is 14.0. The van der Waals surface area contributed by atoms with Crippen LogP contribution in [-0.2, 0) is 9.59 Å². The van der Waals surface area contributed by atoms with Crippen LogP contribution in [0.2, 0.25) is 0 Å². The zero-order valence-electron chi connectivity index (χ0n) is 10.3. The number of nitrogens with one attached hydrogen (secondary N) is 1. The van der Waals surface area contributed by atoms with Gasteiger partial charge in [0.1, 0.15) is 11.2 Å². The molecule has 0 atom stereocenters. The summed E-state index contributed by atoms with van der Waals surface area (Å²) < 4.78 is 14.5. The molecule has 0 aromatic heterocycles. The lowest BCUT2D eigenvalue weighted by atomic mass is 9.66. The van der Waals surface area contributed by atoms with E-state index in [2.05, 4.69) is 21.2 Å². The van der Waals surface area contributed by atoms with Crippen LogP contribution in [0.25, 0.3) is 0 Å². The number of anilines is 1. The Bertz CT molecular complexity index is 643. The summed E-state index contributed by atoms with van der Waals surface area (Å²) in [5.74, 6) is -1.92. The summed E-state index contributed by atoms with van der Waals surface area (Å²) in [4.78, 5) is 36.9. The lowest BCUT2D eigenvalue weighted by Gasteiger charge is -2.44. The van der Waals surface area contributed by atoms with Crippen molar-refractivity contribution < 1.29 is 18.8 Å². The van der Waals surface area contributed by atoms with Crippen LogP contribution in [0, 0.1) is 11.2 Å². The van der Waals surface area contributed by atoms with Gasteiger partial charge in [-0.2, -0.15) is 0 Å². The van der Waals surface area contributed by atoms with E-state index < -0.39 is 29.1 Å². The highest BCUT2D eigenvalue weighted by molar-refractivity contribution is 9.10. The van der Waals surface area contributed by atoms with Gasteiger partial charge in [-0.15, -0.1) is 0 Å². The number of carbonyl (C=O) groups is 3. The number of nitrogens with zero attached hydrogens (tertiary/aromatic N) is 1. The van der Waals surface area contributed by atoms with Crippen molar-refractivity contribution in [3.63, 3.8) is 0 Å². The molecule has 7 heteroatoms. The van der Waals surface area contributed by atoms with E-state index in [0.29, 0.717) is 17.3 Å². The first-order valence-electron chi connectivity index (χ1n) is 6.11. The number of imide groups is 2. The van der Waals surface area contributed by atoms with Gasteiger partial charge in [-0.25, -0.2) is 14.1 Å². The number of benzene rings is 1. The molecule has 0 radical (unpaired) electrons. The first-order valence-corrected chi connectivity index (χ1v) is 6.90. The molecule has 5 nitrogen and oxygen atoms in total. The van der Waals surface area contributed by atoms with Crippen LogP contribution in [0.15, 0.2) is 22.7 Å². The predicted octanol–water partition coefficient (Wildman–Crippen LogP) is 2.34. The molecule has 2 aliphatic rings. The number of barbiturate groups is 1. The van der Waals surface area contributed by atoms with Crippen molar-refractivity contribution in [3.8, 4) is 0 Å². The monoisotopic (exact) mass is 340 g/mol. The van der Waals surface area contributed by atoms with E-state index in [1.165, 1.54) is 18.2 Å². The van der Waals surface area contributed by atoms with Crippen molar-refractivity contribution in [2.45, 2.75) is 19.3 Å². The van der Waals surface area contributed by atoms with E-state index in [1.807, 2.05) is 0 Å². The Labute approximate surface area is 122 Å². The first kappa shape index (κ1) is 13.2. The van der Waals surface area contributed by atoms with E-state index in [9.17, 15) is 18.8 Å². The highest BCUT2D eigenvalue weighted by Gasteiger charge is 2.57. The molecular weight excluding hydrogens is 331 g/mol. The molecule has 104 valence electrons. The van der Waals surface area contributed by atoms with E-state index in [0.717, 1.165) is 11.3 Å². The van der Waals surface area contributed by atoms with Gasteiger partial charge in [-0.1, -0.05) is 22.4 Å². The quantitative estimate of drug-likeness (QED) is 0.798. The lowest BCUT2D eigenvalue weighted by molar-refractivity contribution is -0.148. The summed E-state index contributed by atoms with van der Waals surface area (Å²) in [7, 11) is 0. The van der Waals surface area contributed by atoms with Crippen molar-refractivity contribution in [3.05, 3.63) is 28.5 Å². The SMILES string of the molecule is O=C1NC(=O)C2(CCC2)C(=O)N1c1ccc(Br)cc1F. The Morgan fingerprint density at radius 2 is 1.95 bits per heavy atom. The molecule has 20 heavy (non-hydrogen) atoms. The minimum absolute atomic E-state index is 0.144. The van der Waals surface area contributed by atoms with Gasteiger partial charge >= 0.3 is 6.03 Å². The Kier molecular flexibility index (Phi) is 2.89. The fourth-order valence-electron chi connectivity index (χ4n) is 2.53. The minimum Gasteiger partial charge on any atom is -0.276 e. The molecule has 1 aliphatic heterocycles. The van der Waals surface area contributed by atoms with Crippen molar-refractivity contribution in [1.29, 1.82) is 0 Å². The zero-order chi connectivity index (χ0) is 14.5. The molecule has 1 heterocycles. The molecule has 1 aromatic carbocycles. The molecule has 1 aliphatic carbocycles. The Hall–Kier alpha value is -1.76. The molecule has 0 unspecified atom stereocenters. The van der Waals surface area contributed by atoms with Crippen LogP contribution in [0.1, 0.15) is 19.3 Å². The number of halogens is 2. The molecule has 3 rings (SSSR count). The van der Waals surface area contributed by atoms with Crippen LogP contribution in [-0.4, -0.2) is 17.8 Å². The number of hydrogen-bond acceptors (Lipinski definition) is 3. The van der Waals surface area contributed by atoms with Crippen LogP contribution in [0.3, 0.4) is 0 Å². The van der Waals surface area contributed by atoms with E-state index in [-0.39, 0.29) is 5.69 Å². The van der Waals surface area contributed by atoms with Crippen LogP contribution in [0.5, 0.6) is 0 Å². The molecule has 0 bridgehead atoms. The summed E-state index contributed by atoms with van der Waals surface area (Å²) in [6, 6.07) is 3.13. The fraction of sp³-hybridized carbons (Fsp3) is 0.308. The van der Waals surface area contributed by atoms with Gasteiger partial charge in [0.05, 0.1) is 5.69 Å². The van der Waals surface area contributed by atoms with Crippen molar-refractivity contribution in [2.75, 3.05) is 4.90 Å². The van der Waals surface area contributed by atoms with E-state index >= 15 is 0 Å². The summed E-state index contributed by atoms with van der Waals surface area (Å²) in [6.45, 7) is 0. The number of hydrogen-bond donors (Lipinski definition) is 1. The van der Waals surface area contributed by atoms with Crippen molar-refractivity contribution >= 4 is 39.5 Å². The number of rotatable bonds is 1. The standard InChI is InChI=1S/C13H10BrFN2O3/c14-7-2-3-9(8(15)6-7)17-11(19)13(4-1-5-13)10(18)16-12(17)20/h2-3,6H,1,4-5H2,(H,16,18,20). The lowest BCUT2D eigenvalue weighted by Crippen LogP contribution is -2.66. The molecule has 1 spiro atoms. The molecule has 1 N–H and O–H groups in total. The Morgan fingerprint density at radius 1 is 1.25 bits per heavy atom. The molecular formula is C13H10BrFN2O3. The fourth-order valence-corrected chi connectivity index (χ4v) is 2.86. The minimum atomic E-state index is -1.20. The van der Waals surface area contributed by atoms with E-state index in [4.69, 9.17) is 0 Å². The molecule has 1 saturated heterocycles. The smallest absolute Gasteiger partial charge is 0.276 e. The highest BCUT2D eigenvalue weighted by atomic mass is 79.9. The average molecular weight is 341 g/mol. The van der Waals surface area contributed by atoms with Gasteiger partial charge in [0.25, 0.3) is 5.91 Å². The van der Waals surface area contributed by atoms with Crippen LogP contribution in [0.4, 0.5) is 14.9 Å². The number of urea groups is 1. The summed E-state index contributed by atoms with van der Waals surface area (Å²) in [5.41, 5.74) is -1.34.